The SMILES string of the molecule is CCCN(CC(=O)Nc1c(C)cccc1CC)S(=O)(=O)c1cccc(C(F)(F)F)c1. The number of nitrogens with one attached hydrogen (secondary N) is 1. The topological polar surface area (TPSA) is 66.5 Å². The van der Waals surface area contributed by atoms with Gasteiger partial charge in [0.15, 0.2) is 0 Å². The zero-order chi connectivity index (χ0) is 22.5. The molecule has 0 spiro atoms. The van der Waals surface area contributed by atoms with Crippen molar-refractivity contribution in [1.29, 1.82) is 0 Å². The molecule has 9 heteroatoms. The summed E-state index contributed by atoms with van der Waals surface area (Å²) in [5.74, 6) is -0.553. The highest BCUT2D eigenvalue weighted by Crippen LogP contribution is 2.31. The first-order valence-corrected chi connectivity index (χ1v) is 11.0. The number of carbonyl (C=O) groups is 1. The average molecular weight is 443 g/mol. The molecule has 0 saturated heterocycles. The normalized spacial score (nSPS) is 12.2. The molecular weight excluding hydrogens is 417 g/mol. The lowest BCUT2D eigenvalue weighted by Gasteiger charge is -2.22. The second kappa shape index (κ2) is 9.61. The van der Waals surface area contributed by atoms with Crippen LogP contribution in [0, 0.1) is 6.92 Å². The predicted octanol–water partition coefficient (Wildman–Crippen LogP) is 4.62. The highest BCUT2D eigenvalue weighted by molar-refractivity contribution is 7.89. The standard InChI is InChI=1S/C21H25F3N2O3S/c1-4-12-26(14-19(27)25-20-15(3)8-6-9-16(20)5-2)30(28,29)18-11-7-10-17(13-18)21(22,23)24/h6-11,13H,4-5,12,14H2,1-3H3,(H,25,27). The number of nitrogens with zero attached hydrogens (tertiary/aromatic N) is 1. The number of carbonyl (C=O) groups excluding carboxylic acids is 1. The van der Waals surface area contributed by atoms with Crippen LogP contribution in [0.4, 0.5) is 18.9 Å². The van der Waals surface area contributed by atoms with Gasteiger partial charge < -0.3 is 5.32 Å². The summed E-state index contributed by atoms with van der Waals surface area (Å²) in [6, 6.07) is 9.10. The van der Waals surface area contributed by atoms with Crippen molar-refractivity contribution < 1.29 is 26.4 Å². The van der Waals surface area contributed by atoms with Crippen LogP contribution in [0.1, 0.15) is 37.0 Å². The maximum Gasteiger partial charge on any atom is 0.416 e. The monoisotopic (exact) mass is 442 g/mol. The number of benzene rings is 2. The molecule has 0 aliphatic rings. The fourth-order valence-corrected chi connectivity index (χ4v) is 4.59. The summed E-state index contributed by atoms with van der Waals surface area (Å²) < 4.78 is 65.8. The molecule has 0 aliphatic heterocycles. The number of halogens is 3. The van der Waals surface area contributed by atoms with Crippen molar-refractivity contribution in [1.82, 2.24) is 4.31 Å². The molecule has 0 fully saturated rings. The molecule has 2 rings (SSSR count). The lowest BCUT2D eigenvalue weighted by molar-refractivity contribution is -0.137. The van der Waals surface area contributed by atoms with Crippen molar-refractivity contribution in [2.75, 3.05) is 18.4 Å². The van der Waals surface area contributed by atoms with Crippen molar-refractivity contribution in [3.05, 3.63) is 59.2 Å². The molecular formula is C21H25F3N2O3S. The van der Waals surface area contributed by atoms with Crippen molar-refractivity contribution in [2.45, 2.75) is 44.7 Å². The number of hydrogen-bond donors (Lipinski definition) is 1. The number of rotatable bonds is 8. The lowest BCUT2D eigenvalue weighted by Crippen LogP contribution is -2.38. The van der Waals surface area contributed by atoms with E-state index in [1.54, 1.807) is 6.92 Å². The molecule has 0 unspecified atom stereocenters. The molecule has 1 amide bonds. The van der Waals surface area contributed by atoms with Gasteiger partial charge in [-0.25, -0.2) is 8.42 Å². The number of amides is 1. The van der Waals surface area contributed by atoms with Crippen LogP contribution in [0.3, 0.4) is 0 Å². The Morgan fingerprint density at radius 2 is 1.77 bits per heavy atom. The quantitative estimate of drug-likeness (QED) is 0.649. The van der Waals surface area contributed by atoms with Crippen molar-refractivity contribution >= 4 is 21.6 Å². The number of hydrogen-bond acceptors (Lipinski definition) is 3. The smallest absolute Gasteiger partial charge is 0.324 e. The van der Waals surface area contributed by atoms with Gasteiger partial charge in [0.05, 0.1) is 17.0 Å². The van der Waals surface area contributed by atoms with Crippen molar-refractivity contribution in [3.8, 4) is 0 Å². The molecule has 0 atom stereocenters. The number of para-hydroxylation sites is 1. The van der Waals surface area contributed by atoms with Gasteiger partial charge in [0, 0.05) is 12.2 Å². The van der Waals surface area contributed by atoms with Gasteiger partial charge in [-0.2, -0.15) is 17.5 Å². The molecule has 0 saturated carbocycles. The molecule has 0 bridgehead atoms. The third-order valence-corrected chi connectivity index (χ3v) is 6.44. The molecule has 0 radical (unpaired) electrons. The van der Waals surface area contributed by atoms with E-state index in [2.05, 4.69) is 5.32 Å². The van der Waals surface area contributed by atoms with Crippen LogP contribution in [0.2, 0.25) is 0 Å². The summed E-state index contributed by atoms with van der Waals surface area (Å²) >= 11 is 0. The molecule has 5 nitrogen and oxygen atoms in total. The number of aryl methyl sites for hydroxylation is 2. The van der Waals surface area contributed by atoms with Gasteiger partial charge in [-0.1, -0.05) is 38.1 Å². The molecule has 0 aromatic heterocycles. The molecule has 2 aromatic rings. The van der Waals surface area contributed by atoms with E-state index in [0.717, 1.165) is 33.6 Å². The van der Waals surface area contributed by atoms with Crippen LogP contribution in [-0.2, 0) is 27.4 Å². The van der Waals surface area contributed by atoms with Gasteiger partial charge in [0.2, 0.25) is 15.9 Å². The third kappa shape index (κ3) is 5.60. The van der Waals surface area contributed by atoms with Gasteiger partial charge in [0.1, 0.15) is 0 Å². The minimum Gasteiger partial charge on any atom is -0.324 e. The Morgan fingerprint density at radius 3 is 2.37 bits per heavy atom. The number of anilines is 1. The van der Waals surface area contributed by atoms with Crippen LogP contribution < -0.4 is 5.32 Å². The predicted molar refractivity (Wildman–Crippen MR) is 110 cm³/mol. The van der Waals surface area contributed by atoms with E-state index in [9.17, 15) is 26.4 Å². The van der Waals surface area contributed by atoms with E-state index in [1.165, 1.54) is 0 Å². The summed E-state index contributed by atoms with van der Waals surface area (Å²) in [4.78, 5) is 12.1. The fourth-order valence-electron chi connectivity index (χ4n) is 3.06. The highest BCUT2D eigenvalue weighted by Gasteiger charge is 2.33. The first kappa shape index (κ1) is 23.9. The highest BCUT2D eigenvalue weighted by atomic mass is 32.2. The summed E-state index contributed by atoms with van der Waals surface area (Å²) in [5.41, 5.74) is 1.31. The minimum atomic E-state index is -4.67. The van der Waals surface area contributed by atoms with Gasteiger partial charge in [-0.05, 0) is 49.1 Å². The van der Waals surface area contributed by atoms with Crippen LogP contribution in [-0.4, -0.2) is 31.7 Å². The fraction of sp³-hybridized carbons (Fsp3) is 0.381. The van der Waals surface area contributed by atoms with Gasteiger partial charge in [-0.15, -0.1) is 0 Å². The van der Waals surface area contributed by atoms with Crippen molar-refractivity contribution in [3.63, 3.8) is 0 Å². The average Bonchev–Trinajstić information content (AvgIpc) is 2.68. The van der Waals surface area contributed by atoms with E-state index in [0.29, 0.717) is 24.6 Å². The van der Waals surface area contributed by atoms with E-state index in [4.69, 9.17) is 0 Å². The number of alkyl halides is 3. The second-order valence-electron chi connectivity index (χ2n) is 6.87. The van der Waals surface area contributed by atoms with E-state index in [-0.39, 0.29) is 6.54 Å². The maximum atomic E-state index is 13.0. The maximum absolute atomic E-state index is 13.0. The van der Waals surface area contributed by atoms with Crippen LogP contribution in [0.5, 0.6) is 0 Å². The van der Waals surface area contributed by atoms with Crippen LogP contribution in [0.25, 0.3) is 0 Å². The second-order valence-corrected chi connectivity index (χ2v) is 8.81. The summed E-state index contributed by atoms with van der Waals surface area (Å²) in [5, 5.41) is 2.75. The Bertz CT molecular complexity index is 1000. The van der Waals surface area contributed by atoms with Crippen molar-refractivity contribution in [2.24, 2.45) is 0 Å². The zero-order valence-electron chi connectivity index (χ0n) is 17.1. The molecule has 164 valence electrons. The van der Waals surface area contributed by atoms with Crippen LogP contribution in [0.15, 0.2) is 47.4 Å². The number of sulfonamides is 1. The van der Waals surface area contributed by atoms with Gasteiger partial charge in [-0.3, -0.25) is 4.79 Å². The first-order chi connectivity index (χ1) is 14.0. The summed E-state index contributed by atoms with van der Waals surface area (Å²) in [6.07, 6.45) is -3.59. The molecule has 30 heavy (non-hydrogen) atoms. The van der Waals surface area contributed by atoms with E-state index >= 15 is 0 Å². The zero-order valence-corrected chi connectivity index (χ0v) is 17.9. The Hall–Kier alpha value is -2.39. The summed E-state index contributed by atoms with van der Waals surface area (Å²) in [7, 11) is -4.29. The first-order valence-electron chi connectivity index (χ1n) is 9.56. The molecule has 2 aromatic carbocycles. The Morgan fingerprint density at radius 1 is 1.10 bits per heavy atom. The molecule has 1 N–H and O–H groups in total. The largest absolute Gasteiger partial charge is 0.416 e. The molecule has 0 heterocycles. The Balaban J connectivity index is 2.30. The van der Waals surface area contributed by atoms with Gasteiger partial charge >= 0.3 is 6.18 Å². The van der Waals surface area contributed by atoms with Gasteiger partial charge in [0.25, 0.3) is 0 Å². The third-order valence-electron chi connectivity index (χ3n) is 4.60. The Kier molecular flexibility index (Phi) is 7.65. The Labute approximate surface area is 175 Å². The molecule has 0 aliphatic carbocycles. The lowest BCUT2D eigenvalue weighted by atomic mass is 10.1. The van der Waals surface area contributed by atoms with E-state index in [1.807, 2.05) is 32.0 Å². The summed E-state index contributed by atoms with van der Waals surface area (Å²) in [6.45, 7) is 5.00. The minimum absolute atomic E-state index is 0.000402. The van der Waals surface area contributed by atoms with E-state index < -0.39 is 39.1 Å². The van der Waals surface area contributed by atoms with Crippen LogP contribution >= 0.6 is 0 Å².